The zero-order chi connectivity index (χ0) is 41.7. The second-order valence-electron chi connectivity index (χ2n) is 16.5. The van der Waals surface area contributed by atoms with Crippen LogP contribution < -0.4 is 10.6 Å². The van der Waals surface area contributed by atoms with Crippen molar-refractivity contribution in [3.05, 3.63) is 83.5 Å². The van der Waals surface area contributed by atoms with Gasteiger partial charge in [-0.25, -0.2) is 4.98 Å². The van der Waals surface area contributed by atoms with Crippen LogP contribution in [0.3, 0.4) is 0 Å². The van der Waals surface area contributed by atoms with Gasteiger partial charge in [0, 0.05) is 84.0 Å². The number of nitrogens with zero attached hydrogens (tertiary/aromatic N) is 6. The first-order valence-corrected chi connectivity index (χ1v) is 20.9. The van der Waals surface area contributed by atoms with Crippen LogP contribution in [0.25, 0.3) is 11.0 Å². The normalized spacial score (nSPS) is 23.2. The molecule has 0 radical (unpaired) electrons. The van der Waals surface area contributed by atoms with Crippen LogP contribution in [0.4, 0.5) is 19.1 Å². The summed E-state index contributed by atoms with van der Waals surface area (Å²) >= 11 is 0. The summed E-state index contributed by atoms with van der Waals surface area (Å²) in [6.07, 6.45) is 5.43. The minimum atomic E-state index is -4.56. The minimum absolute atomic E-state index is 0.0294. The first-order valence-electron chi connectivity index (χ1n) is 20.9. The number of aliphatic hydroxyl groups excluding tert-OH is 1. The van der Waals surface area contributed by atoms with Gasteiger partial charge in [-0.2, -0.15) is 13.2 Å². The summed E-state index contributed by atoms with van der Waals surface area (Å²) < 4.78 is 42.3. The van der Waals surface area contributed by atoms with Crippen LogP contribution in [0.1, 0.15) is 78.9 Å². The summed E-state index contributed by atoms with van der Waals surface area (Å²) in [6.45, 7) is 11.7. The standard InChI is InChI=1S/C44H55F3N8O4/c1-29(36-12-15-40(57)50-42(36)59)6-14-39(48-2)54-18-16-30(17-19-54)26-52-20-22-53(23-21-52)27-32-9-13-38-37(24-32)49-43(55(38)35-10-7-31(28-56)8-11-35)51-41(58)33-4-3-5-34(25-33)44(45,46)47/h3-6,9,13-14,24-25,30-31,35-36,56H,1,7-8,10-12,15-23,26-28H2,2H3,(H,49,51,58)(H,50,57,59)/b14-6-,48-39+/t31-,35+,36-/m0/s1. The van der Waals surface area contributed by atoms with E-state index in [9.17, 15) is 32.7 Å². The Morgan fingerprint density at radius 2 is 1.68 bits per heavy atom. The third-order valence-corrected chi connectivity index (χ3v) is 12.6. The number of anilines is 1. The molecule has 7 rings (SSSR count). The van der Waals surface area contributed by atoms with E-state index in [1.54, 1.807) is 7.05 Å². The van der Waals surface area contributed by atoms with Gasteiger partial charge >= 0.3 is 6.18 Å². The molecule has 3 N–H and O–H groups in total. The number of piperazine rings is 1. The molecule has 59 heavy (non-hydrogen) atoms. The fraction of sp³-hybridized carbons (Fsp3) is 0.523. The summed E-state index contributed by atoms with van der Waals surface area (Å²) in [5, 5.41) is 15.0. The molecule has 1 saturated carbocycles. The number of likely N-dealkylation sites (tertiary alicyclic amines) is 1. The van der Waals surface area contributed by atoms with Crippen molar-refractivity contribution < 1.29 is 32.7 Å². The largest absolute Gasteiger partial charge is 0.416 e. The molecule has 3 amide bonds. The van der Waals surface area contributed by atoms with Gasteiger partial charge in [0.25, 0.3) is 5.91 Å². The van der Waals surface area contributed by atoms with Gasteiger partial charge in [-0.05, 0) is 104 Å². The van der Waals surface area contributed by atoms with Gasteiger partial charge in [-0.3, -0.25) is 34.9 Å². The molecule has 0 unspecified atom stereocenters. The lowest BCUT2D eigenvalue weighted by Gasteiger charge is -2.39. The van der Waals surface area contributed by atoms with Crippen molar-refractivity contribution in [3.8, 4) is 0 Å². The number of aromatic nitrogens is 2. The number of aliphatic imine (C=N–C) groups is 1. The number of rotatable bonds is 11. The van der Waals surface area contributed by atoms with E-state index >= 15 is 0 Å². The number of imidazole rings is 1. The van der Waals surface area contributed by atoms with Crippen LogP contribution in [-0.2, 0) is 22.3 Å². The molecule has 0 bridgehead atoms. The Morgan fingerprint density at radius 3 is 2.36 bits per heavy atom. The van der Waals surface area contributed by atoms with Crippen LogP contribution in [0.15, 0.2) is 71.8 Å². The smallest absolute Gasteiger partial charge is 0.396 e. The summed E-state index contributed by atoms with van der Waals surface area (Å²) in [5.74, 6) is 0.451. The number of aliphatic hydroxyl groups is 1. The molecule has 2 aromatic carbocycles. The zero-order valence-electron chi connectivity index (χ0n) is 33.7. The number of benzene rings is 2. The van der Waals surface area contributed by atoms with Gasteiger partial charge in [-0.1, -0.05) is 24.8 Å². The molecule has 12 nitrogen and oxygen atoms in total. The molecule has 4 fully saturated rings. The Hall–Kier alpha value is -4.86. The number of hydrogen-bond donors (Lipinski definition) is 3. The Bertz CT molecular complexity index is 2070. The number of imide groups is 1. The van der Waals surface area contributed by atoms with Crippen LogP contribution in [0.2, 0.25) is 0 Å². The van der Waals surface area contributed by atoms with Crippen molar-refractivity contribution in [2.75, 3.05) is 64.8 Å². The zero-order valence-corrected chi connectivity index (χ0v) is 33.7. The Morgan fingerprint density at radius 1 is 0.949 bits per heavy atom. The second-order valence-corrected chi connectivity index (χ2v) is 16.5. The molecule has 1 atom stereocenters. The van der Waals surface area contributed by atoms with Crippen molar-refractivity contribution in [3.63, 3.8) is 0 Å². The molecule has 316 valence electrons. The third-order valence-electron chi connectivity index (χ3n) is 12.6. The van der Waals surface area contributed by atoms with Gasteiger partial charge in [0.05, 0.1) is 22.5 Å². The fourth-order valence-corrected chi connectivity index (χ4v) is 9.06. The first-order chi connectivity index (χ1) is 28.4. The maximum absolute atomic E-state index is 13.4. The van der Waals surface area contributed by atoms with E-state index in [4.69, 9.17) is 4.98 Å². The molecular formula is C44H55F3N8O4. The number of amides is 3. The van der Waals surface area contributed by atoms with E-state index < -0.39 is 23.6 Å². The number of carbonyl (C=O) groups is 3. The maximum atomic E-state index is 13.4. The number of amidine groups is 1. The monoisotopic (exact) mass is 816 g/mol. The van der Waals surface area contributed by atoms with Crippen molar-refractivity contribution in [2.45, 2.75) is 70.1 Å². The van der Waals surface area contributed by atoms with E-state index in [0.717, 1.165) is 125 Å². The highest BCUT2D eigenvalue weighted by atomic mass is 19.4. The van der Waals surface area contributed by atoms with Gasteiger partial charge < -0.3 is 19.5 Å². The Balaban J connectivity index is 0.927. The number of fused-ring (bicyclic) bond motifs is 1. The summed E-state index contributed by atoms with van der Waals surface area (Å²) in [6, 6.07) is 10.6. The molecular weight excluding hydrogens is 762 g/mol. The second kappa shape index (κ2) is 18.6. The third kappa shape index (κ3) is 10.3. The molecule has 1 aliphatic carbocycles. The molecule has 1 aromatic heterocycles. The summed E-state index contributed by atoms with van der Waals surface area (Å²) in [5.41, 5.74) is 2.40. The number of piperidine rings is 2. The lowest BCUT2D eigenvalue weighted by molar-refractivity contribution is -0.138. The number of allylic oxidation sites excluding steroid dienone is 1. The molecule has 3 saturated heterocycles. The highest BCUT2D eigenvalue weighted by Crippen LogP contribution is 2.37. The average Bonchev–Trinajstić information content (AvgIpc) is 3.58. The van der Waals surface area contributed by atoms with Gasteiger partial charge in [-0.15, -0.1) is 0 Å². The van der Waals surface area contributed by atoms with Gasteiger partial charge in [0.2, 0.25) is 17.8 Å². The van der Waals surface area contributed by atoms with Crippen molar-refractivity contribution in [2.24, 2.45) is 22.7 Å². The number of alkyl halides is 3. The highest BCUT2D eigenvalue weighted by Gasteiger charge is 2.32. The first kappa shape index (κ1) is 42.3. The highest BCUT2D eigenvalue weighted by molar-refractivity contribution is 6.04. The lowest BCUT2D eigenvalue weighted by Crippen LogP contribution is -2.48. The molecule has 4 aliphatic rings. The fourth-order valence-electron chi connectivity index (χ4n) is 9.06. The molecule has 0 spiro atoms. The van der Waals surface area contributed by atoms with Crippen molar-refractivity contribution in [1.29, 1.82) is 0 Å². The van der Waals surface area contributed by atoms with Crippen LogP contribution in [0, 0.1) is 17.8 Å². The van der Waals surface area contributed by atoms with Crippen LogP contribution in [-0.4, -0.2) is 112 Å². The SMILES string of the molecule is C=C(/C=C\C(=N/C)N1CCC(CN2CCN(Cc3ccc4c(c3)nc(NC(=O)c3cccc(C(F)(F)F)c3)n4[C@H]3CC[C@@H](CO)CC3)CC2)CC1)[C@@H]1CCC(=O)NC1=O. The lowest BCUT2D eigenvalue weighted by atomic mass is 9.86. The van der Waals surface area contributed by atoms with Crippen LogP contribution >= 0.6 is 0 Å². The summed E-state index contributed by atoms with van der Waals surface area (Å²) in [4.78, 5) is 53.8. The average molecular weight is 817 g/mol. The number of nitrogens with one attached hydrogen (secondary N) is 2. The maximum Gasteiger partial charge on any atom is 0.416 e. The van der Waals surface area contributed by atoms with E-state index in [-0.39, 0.29) is 35.9 Å². The van der Waals surface area contributed by atoms with Gasteiger partial charge in [0.1, 0.15) is 5.84 Å². The number of hydrogen-bond acceptors (Lipinski definition) is 8. The van der Waals surface area contributed by atoms with Crippen molar-refractivity contribution in [1.82, 2.24) is 29.6 Å². The Kier molecular flexibility index (Phi) is 13.3. The minimum Gasteiger partial charge on any atom is -0.396 e. The molecule has 3 aromatic rings. The predicted molar refractivity (Wildman–Crippen MR) is 221 cm³/mol. The topological polar surface area (TPSA) is 135 Å². The van der Waals surface area contributed by atoms with Crippen molar-refractivity contribution >= 4 is 40.5 Å². The number of halogens is 3. The summed E-state index contributed by atoms with van der Waals surface area (Å²) in [7, 11) is 1.78. The van der Waals surface area contributed by atoms with E-state index in [1.165, 1.54) is 12.1 Å². The van der Waals surface area contributed by atoms with Gasteiger partial charge in [0.15, 0.2) is 0 Å². The molecule has 15 heteroatoms. The van der Waals surface area contributed by atoms with E-state index in [2.05, 4.69) is 49.0 Å². The quantitative estimate of drug-likeness (QED) is 0.0922. The van der Waals surface area contributed by atoms with E-state index in [1.807, 2.05) is 22.8 Å². The Labute approximate surface area is 343 Å². The van der Waals surface area contributed by atoms with E-state index in [0.29, 0.717) is 30.3 Å². The van der Waals surface area contributed by atoms with Crippen LogP contribution in [0.5, 0.6) is 0 Å². The number of carbonyl (C=O) groups excluding carboxylic acids is 3. The molecule has 4 heterocycles. The predicted octanol–water partition coefficient (Wildman–Crippen LogP) is 6.05. The molecule has 3 aliphatic heterocycles.